The molecule has 4 heterocycles. The molecule has 3 amide bonds. The fraction of sp³-hybridized carbons (Fsp3) is 0.878. The second-order valence-electron chi connectivity index (χ2n) is 19.4. The molecule has 4 aliphatic heterocycles. The van der Waals surface area contributed by atoms with E-state index in [0.717, 1.165) is 20.8 Å². The topological polar surface area (TPSA) is 479 Å². The molecule has 0 aromatic rings. The van der Waals surface area contributed by atoms with Gasteiger partial charge in [0, 0.05) is 48.3 Å². The van der Waals surface area contributed by atoms with Gasteiger partial charge >= 0.3 is 11.9 Å². The van der Waals surface area contributed by atoms with Crippen molar-refractivity contribution in [3.05, 3.63) is 0 Å². The van der Waals surface area contributed by atoms with Crippen molar-refractivity contribution in [1.82, 2.24) is 16.0 Å². The molecule has 0 aromatic heterocycles. The van der Waals surface area contributed by atoms with E-state index in [1.165, 1.54) is 0 Å². The monoisotopic (exact) mass is 1070 g/mol. The van der Waals surface area contributed by atoms with Gasteiger partial charge in [-0.05, 0) is 6.04 Å². The van der Waals surface area contributed by atoms with E-state index in [1.807, 2.05) is 19.6 Å². The number of aliphatic hydroxyl groups excluding tert-OH is 12. The number of aliphatic carboxylic acids is 2. The first-order valence-corrected chi connectivity index (χ1v) is 26.7. The van der Waals surface area contributed by atoms with Gasteiger partial charge in [-0.3, -0.25) is 14.4 Å². The summed E-state index contributed by atoms with van der Waals surface area (Å²) >= 11 is 0. The highest BCUT2D eigenvalue weighted by atomic mass is 28.3. The molecule has 0 spiro atoms. The second-order valence-corrected chi connectivity index (χ2v) is 25.0. The van der Waals surface area contributed by atoms with Crippen LogP contribution in [0.3, 0.4) is 0 Å². The molecule has 31 heteroatoms. The number of nitrogens with one attached hydrogen (secondary N) is 3. The largest absolute Gasteiger partial charge is 0.477 e. The van der Waals surface area contributed by atoms with E-state index < -0.39 is 211 Å². The highest BCUT2D eigenvalue weighted by Crippen LogP contribution is 2.40. The first-order valence-electron chi connectivity index (χ1n) is 23.0. The number of carbonyl (C=O) groups is 5. The van der Waals surface area contributed by atoms with Gasteiger partial charge in [-0.15, -0.1) is 0 Å². The Balaban J connectivity index is 1.75. The van der Waals surface area contributed by atoms with Gasteiger partial charge in [0.15, 0.2) is 12.6 Å². The maximum Gasteiger partial charge on any atom is 0.364 e. The number of rotatable bonds is 23. The van der Waals surface area contributed by atoms with E-state index in [9.17, 15) is 95.5 Å². The van der Waals surface area contributed by atoms with E-state index in [2.05, 4.69) is 16.0 Å². The number of hydrogen-bond donors (Lipinski definition) is 17. The van der Waals surface area contributed by atoms with Crippen LogP contribution < -0.4 is 16.0 Å². The number of ether oxygens (including phenoxy) is 8. The van der Waals surface area contributed by atoms with Crippen molar-refractivity contribution in [2.45, 2.75) is 193 Å². The lowest BCUT2D eigenvalue weighted by molar-refractivity contribution is -0.382. The van der Waals surface area contributed by atoms with Crippen molar-refractivity contribution in [3.8, 4) is 0 Å². The predicted molar refractivity (Wildman–Crippen MR) is 235 cm³/mol. The van der Waals surface area contributed by atoms with Crippen molar-refractivity contribution in [3.63, 3.8) is 0 Å². The van der Waals surface area contributed by atoms with Crippen molar-refractivity contribution in [2.75, 3.05) is 33.0 Å². The van der Waals surface area contributed by atoms with Gasteiger partial charge in [-0.1, -0.05) is 19.6 Å². The van der Waals surface area contributed by atoms with E-state index in [-0.39, 0.29) is 6.61 Å². The fourth-order valence-corrected chi connectivity index (χ4v) is 9.38. The first-order chi connectivity index (χ1) is 33.5. The zero-order valence-electron chi connectivity index (χ0n) is 40.3. The summed E-state index contributed by atoms with van der Waals surface area (Å²) in [4.78, 5) is 63.0. The first kappa shape index (κ1) is 61.3. The van der Waals surface area contributed by atoms with E-state index >= 15 is 0 Å². The maximum atomic E-state index is 13.1. The zero-order chi connectivity index (χ0) is 54.4. The van der Waals surface area contributed by atoms with Crippen LogP contribution in [0.4, 0.5) is 0 Å². The molecular weight excluding hydrogens is 995 g/mol. The van der Waals surface area contributed by atoms with E-state index in [0.29, 0.717) is 6.04 Å². The third-order valence-electron chi connectivity index (χ3n) is 12.5. The quantitative estimate of drug-likeness (QED) is 0.0423. The van der Waals surface area contributed by atoms with E-state index in [4.69, 9.17) is 37.9 Å². The Labute approximate surface area is 412 Å². The molecule has 4 aliphatic rings. The molecule has 0 saturated carbocycles. The minimum Gasteiger partial charge on any atom is -0.477 e. The van der Waals surface area contributed by atoms with Gasteiger partial charge in [0.25, 0.3) is 11.6 Å². The summed E-state index contributed by atoms with van der Waals surface area (Å²) in [5.74, 6) is -12.5. The summed E-state index contributed by atoms with van der Waals surface area (Å²) < 4.78 is 46.8. The number of carbonyl (C=O) groups excluding carboxylic acids is 3. The molecular formula is C41H71N3O27Si. The van der Waals surface area contributed by atoms with E-state index in [1.54, 1.807) is 0 Å². The van der Waals surface area contributed by atoms with Crippen molar-refractivity contribution in [1.29, 1.82) is 0 Å². The molecule has 22 atom stereocenters. The minimum absolute atomic E-state index is 0.0489. The Hall–Kier alpha value is -3.23. The summed E-state index contributed by atoms with van der Waals surface area (Å²) in [6.07, 6.45) is -36.8. The van der Waals surface area contributed by atoms with Gasteiger partial charge in [0.1, 0.15) is 85.4 Å². The minimum atomic E-state index is -3.18. The second kappa shape index (κ2) is 25.5. The molecule has 4 fully saturated rings. The van der Waals surface area contributed by atoms with Crippen molar-refractivity contribution < 1.29 is 133 Å². The third kappa shape index (κ3) is 14.6. The van der Waals surface area contributed by atoms with Gasteiger partial charge in [-0.25, -0.2) is 9.59 Å². The summed E-state index contributed by atoms with van der Waals surface area (Å²) in [5, 5.41) is 158. The molecule has 0 aliphatic carbocycles. The molecule has 72 heavy (non-hydrogen) atoms. The lowest BCUT2D eigenvalue weighted by Gasteiger charge is -2.51. The summed E-state index contributed by atoms with van der Waals surface area (Å²) in [5.41, 5.74) is 0. The molecule has 4 rings (SSSR count). The Morgan fingerprint density at radius 3 is 1.53 bits per heavy atom. The molecule has 0 aromatic carbocycles. The lowest BCUT2D eigenvalue weighted by atomic mass is 9.88. The predicted octanol–water partition coefficient (Wildman–Crippen LogP) is -8.54. The van der Waals surface area contributed by atoms with Crippen LogP contribution in [0.5, 0.6) is 0 Å². The molecule has 0 radical (unpaired) electrons. The smallest absolute Gasteiger partial charge is 0.364 e. The van der Waals surface area contributed by atoms with Crippen LogP contribution in [0.2, 0.25) is 25.7 Å². The molecule has 416 valence electrons. The Bertz CT molecular complexity index is 1840. The maximum absolute atomic E-state index is 13.1. The Morgan fingerprint density at radius 2 is 1.08 bits per heavy atom. The van der Waals surface area contributed by atoms with Gasteiger partial charge in [0.2, 0.25) is 17.7 Å². The molecule has 0 bridgehead atoms. The fourth-order valence-electron chi connectivity index (χ4n) is 8.65. The van der Waals surface area contributed by atoms with Crippen molar-refractivity contribution >= 4 is 37.7 Å². The van der Waals surface area contributed by atoms with Crippen LogP contribution in [-0.2, 0) is 61.9 Å². The average Bonchev–Trinajstić information content (AvgIpc) is 3.29. The number of carboxylic acids is 2. The number of aliphatic hydroxyl groups is 12. The molecule has 22 unspecified atom stereocenters. The zero-order valence-corrected chi connectivity index (χ0v) is 41.3. The van der Waals surface area contributed by atoms with Crippen LogP contribution in [0, 0.1) is 0 Å². The van der Waals surface area contributed by atoms with Gasteiger partial charge in [0.05, 0.1) is 50.7 Å². The standard InChI is InChI=1S/C41H71N3O27Si/c1-15(48)42-24-18(51)9-40(38(60)61,69-33(24)27(55)20(53)11-45)65-14-23-30(58)32(26(44-17(3)50)36(67-23)64-7-8-72(4,5)6)68-37-31(59)35(29(57)22(13-47)66-37)71-41(39(62)63)10-19(52)25(43-16(2)49)34(70-41)28(56)21(54)12-46/h18-37,45-47,51-59H,7-14H2,1-6H3,(H,42,48)(H,43,49)(H,44,50)(H,60,61)(H,62,63). The Kier molecular flexibility index (Phi) is 21.7. The third-order valence-corrected chi connectivity index (χ3v) is 14.2. The van der Waals surface area contributed by atoms with Crippen LogP contribution in [0.25, 0.3) is 0 Å². The van der Waals surface area contributed by atoms with Crippen LogP contribution in [0.1, 0.15) is 33.6 Å². The Morgan fingerprint density at radius 1 is 0.639 bits per heavy atom. The molecule has 17 N–H and O–H groups in total. The normalized spacial score (nSPS) is 39.2. The highest BCUT2D eigenvalue weighted by Gasteiger charge is 2.61. The number of hydrogen-bond acceptors (Lipinski definition) is 25. The summed E-state index contributed by atoms with van der Waals surface area (Å²) in [6, 6.07) is -4.33. The highest BCUT2D eigenvalue weighted by molar-refractivity contribution is 6.76. The van der Waals surface area contributed by atoms with Crippen LogP contribution >= 0.6 is 0 Å². The summed E-state index contributed by atoms with van der Waals surface area (Å²) in [6.45, 7) is 4.72. The van der Waals surface area contributed by atoms with Crippen LogP contribution in [0.15, 0.2) is 0 Å². The lowest BCUT2D eigenvalue weighted by Crippen LogP contribution is -2.71. The van der Waals surface area contributed by atoms with Crippen LogP contribution in [-0.4, -0.2) is 276 Å². The number of amides is 3. The van der Waals surface area contributed by atoms with Gasteiger partial charge in [-0.2, -0.15) is 0 Å². The van der Waals surface area contributed by atoms with Crippen molar-refractivity contribution in [2.24, 2.45) is 0 Å². The summed E-state index contributed by atoms with van der Waals surface area (Å²) in [7, 11) is -1.89. The average molecular weight is 1070 g/mol. The number of carboxylic acid groups (broad SMARTS) is 2. The molecule has 30 nitrogen and oxygen atoms in total. The van der Waals surface area contributed by atoms with Gasteiger partial charge < -0.3 is 125 Å². The SMILES string of the molecule is CC(=O)NC1C(O)CC(OCC2OC(OCC[Si](C)(C)C)C(NC(C)=O)C(OC3OC(CO)C(O)C(OC4(C(=O)O)CC(O)C(NC(C)=O)C(C(O)C(O)CO)O4)C3O)C2O)(C(=O)O)OC1C(O)C(O)CO. The molecule has 4 saturated heterocycles.